The number of anilines is 1. The maximum Gasteiger partial charge on any atom is 0.229 e. The lowest BCUT2D eigenvalue weighted by Gasteiger charge is -2.15. The first-order valence-electron chi connectivity index (χ1n) is 7.15. The molecule has 1 heterocycles. The molecule has 0 spiro atoms. The maximum absolute atomic E-state index is 5.80. The van der Waals surface area contributed by atoms with E-state index >= 15 is 0 Å². The molecule has 0 saturated heterocycles. The van der Waals surface area contributed by atoms with E-state index in [0.717, 1.165) is 11.1 Å². The highest BCUT2D eigenvalue weighted by Crippen LogP contribution is 2.34. The Balaban J connectivity index is 1.89. The van der Waals surface area contributed by atoms with Crippen LogP contribution in [0.15, 0.2) is 35.0 Å². The average Bonchev–Trinajstić information content (AvgIpc) is 2.71. The van der Waals surface area contributed by atoms with Crippen molar-refractivity contribution < 1.29 is 4.52 Å². The molecule has 2 N–H and O–H groups in total. The Bertz CT molecular complexity index is 539. The number of aromatic nitrogens is 1. The third-order valence-electron chi connectivity index (χ3n) is 4.12. The highest BCUT2D eigenvalue weighted by molar-refractivity contribution is 5.72. The number of hydrogen-bond acceptors (Lipinski definition) is 3. The van der Waals surface area contributed by atoms with Gasteiger partial charge in [0.1, 0.15) is 0 Å². The van der Waals surface area contributed by atoms with E-state index < -0.39 is 0 Å². The fraction of sp³-hybridized carbons (Fsp3) is 0.438. The van der Waals surface area contributed by atoms with E-state index in [0.29, 0.717) is 11.8 Å². The van der Waals surface area contributed by atoms with Crippen molar-refractivity contribution in [2.24, 2.45) is 0 Å². The zero-order valence-corrected chi connectivity index (χ0v) is 11.1. The van der Waals surface area contributed by atoms with E-state index in [4.69, 9.17) is 10.3 Å². The van der Waals surface area contributed by atoms with Gasteiger partial charge in [0.2, 0.25) is 5.88 Å². The van der Waals surface area contributed by atoms with Gasteiger partial charge in [0.25, 0.3) is 0 Å². The number of nitrogens with two attached hydrogens (primary N) is 1. The number of rotatable bonds is 2. The van der Waals surface area contributed by atoms with Gasteiger partial charge in [-0.15, -0.1) is 0 Å². The van der Waals surface area contributed by atoms with Gasteiger partial charge in [-0.1, -0.05) is 55.1 Å². The van der Waals surface area contributed by atoms with Crippen molar-refractivity contribution in [2.75, 3.05) is 5.73 Å². The second-order valence-corrected chi connectivity index (χ2v) is 5.42. The van der Waals surface area contributed by atoms with E-state index in [1.807, 2.05) is 0 Å². The second kappa shape index (κ2) is 5.47. The summed E-state index contributed by atoms with van der Waals surface area (Å²) < 4.78 is 4.95. The molecule has 0 atom stereocenters. The Hall–Kier alpha value is -1.77. The Morgan fingerprint density at radius 1 is 1.11 bits per heavy atom. The Morgan fingerprint density at radius 3 is 2.58 bits per heavy atom. The second-order valence-electron chi connectivity index (χ2n) is 5.42. The summed E-state index contributed by atoms with van der Waals surface area (Å²) in [5, 5.41) is 3.76. The third kappa shape index (κ3) is 2.65. The van der Waals surface area contributed by atoms with Crippen LogP contribution in [0.3, 0.4) is 0 Å². The average molecular weight is 256 g/mol. The first-order valence-corrected chi connectivity index (χ1v) is 7.15. The van der Waals surface area contributed by atoms with Crippen molar-refractivity contribution >= 4 is 5.88 Å². The van der Waals surface area contributed by atoms with Crippen molar-refractivity contribution in [1.29, 1.82) is 0 Å². The molecule has 1 fully saturated rings. The van der Waals surface area contributed by atoms with E-state index in [2.05, 4.69) is 29.4 Å². The van der Waals surface area contributed by atoms with Gasteiger partial charge in [-0.3, -0.25) is 0 Å². The maximum atomic E-state index is 5.80. The molecule has 0 aliphatic heterocycles. The molecular weight excluding hydrogens is 236 g/mol. The van der Waals surface area contributed by atoms with Crippen LogP contribution in [0.5, 0.6) is 0 Å². The van der Waals surface area contributed by atoms with Crippen molar-refractivity contribution in [3.63, 3.8) is 0 Å². The summed E-state index contributed by atoms with van der Waals surface area (Å²) in [4.78, 5) is 0. The number of nitrogens with zero attached hydrogens (tertiary/aromatic N) is 1. The van der Waals surface area contributed by atoms with Crippen LogP contribution in [0.4, 0.5) is 5.88 Å². The quantitative estimate of drug-likeness (QED) is 0.812. The minimum Gasteiger partial charge on any atom is -0.367 e. The van der Waals surface area contributed by atoms with Crippen LogP contribution in [0.1, 0.15) is 50.0 Å². The van der Waals surface area contributed by atoms with Crippen molar-refractivity contribution in [2.45, 2.75) is 44.4 Å². The molecule has 0 amide bonds. The molecule has 1 aromatic heterocycles. The van der Waals surface area contributed by atoms with Gasteiger partial charge in [0.15, 0.2) is 0 Å². The SMILES string of the molecule is Nc1oncc1-c1cccc(C2CCCCCC2)c1. The lowest BCUT2D eigenvalue weighted by atomic mass is 9.90. The standard InChI is InChI=1S/C16H20N2O/c17-16-15(11-18-19-16)14-9-5-8-13(10-14)12-6-3-1-2-4-7-12/h5,8-12H,1-4,6-7,17H2. The molecule has 1 aliphatic carbocycles. The Kier molecular flexibility index (Phi) is 3.53. The molecule has 0 unspecified atom stereocenters. The van der Waals surface area contributed by atoms with E-state index in [9.17, 15) is 0 Å². The zero-order chi connectivity index (χ0) is 13.1. The number of nitrogen functional groups attached to an aromatic ring is 1. The van der Waals surface area contributed by atoms with Gasteiger partial charge >= 0.3 is 0 Å². The molecule has 100 valence electrons. The van der Waals surface area contributed by atoms with Crippen molar-refractivity contribution in [3.8, 4) is 11.1 Å². The molecule has 1 saturated carbocycles. The summed E-state index contributed by atoms with van der Waals surface area (Å²) in [6, 6.07) is 8.67. The Morgan fingerprint density at radius 2 is 1.89 bits per heavy atom. The van der Waals surface area contributed by atoms with Gasteiger partial charge in [0.05, 0.1) is 11.8 Å². The molecule has 3 rings (SSSR count). The number of hydrogen-bond donors (Lipinski definition) is 1. The Labute approximate surface area is 113 Å². The normalized spacial score (nSPS) is 17.3. The van der Waals surface area contributed by atoms with Gasteiger partial charge in [-0.2, -0.15) is 0 Å². The monoisotopic (exact) mass is 256 g/mol. The molecule has 3 nitrogen and oxygen atoms in total. The van der Waals surface area contributed by atoms with Crippen LogP contribution in [0, 0.1) is 0 Å². The summed E-state index contributed by atoms with van der Waals surface area (Å²) >= 11 is 0. The van der Waals surface area contributed by atoms with Crippen LogP contribution in [0.25, 0.3) is 11.1 Å². The molecular formula is C16H20N2O. The largest absolute Gasteiger partial charge is 0.367 e. The van der Waals surface area contributed by atoms with Gasteiger partial charge in [0, 0.05) is 0 Å². The first kappa shape index (κ1) is 12.3. The molecule has 0 radical (unpaired) electrons. The summed E-state index contributed by atoms with van der Waals surface area (Å²) in [7, 11) is 0. The summed E-state index contributed by atoms with van der Waals surface area (Å²) in [6.45, 7) is 0. The topological polar surface area (TPSA) is 52.0 Å². The minimum atomic E-state index is 0.401. The first-order chi connectivity index (χ1) is 9.34. The number of benzene rings is 1. The van der Waals surface area contributed by atoms with Crippen molar-refractivity contribution in [1.82, 2.24) is 5.16 Å². The van der Waals surface area contributed by atoms with Crippen molar-refractivity contribution in [3.05, 3.63) is 36.0 Å². The predicted molar refractivity (Wildman–Crippen MR) is 76.8 cm³/mol. The molecule has 3 heteroatoms. The fourth-order valence-corrected chi connectivity index (χ4v) is 3.04. The zero-order valence-electron chi connectivity index (χ0n) is 11.1. The highest BCUT2D eigenvalue weighted by atomic mass is 16.5. The van der Waals surface area contributed by atoms with E-state index in [1.165, 1.54) is 44.1 Å². The smallest absolute Gasteiger partial charge is 0.229 e. The molecule has 1 aromatic carbocycles. The van der Waals surface area contributed by atoms with Gasteiger partial charge in [-0.05, 0) is 29.9 Å². The lowest BCUT2D eigenvalue weighted by molar-refractivity contribution is 0.436. The van der Waals surface area contributed by atoms with Crippen LogP contribution in [0.2, 0.25) is 0 Å². The van der Waals surface area contributed by atoms with E-state index in [-0.39, 0.29) is 0 Å². The van der Waals surface area contributed by atoms with Crippen LogP contribution >= 0.6 is 0 Å². The summed E-state index contributed by atoms with van der Waals surface area (Å²) in [5.41, 5.74) is 9.24. The summed E-state index contributed by atoms with van der Waals surface area (Å²) in [5.74, 6) is 1.10. The molecule has 19 heavy (non-hydrogen) atoms. The lowest BCUT2D eigenvalue weighted by Crippen LogP contribution is -1.97. The predicted octanol–water partition coefficient (Wildman–Crippen LogP) is 4.36. The van der Waals surface area contributed by atoms with E-state index in [1.54, 1.807) is 6.20 Å². The third-order valence-corrected chi connectivity index (χ3v) is 4.12. The molecule has 2 aromatic rings. The van der Waals surface area contributed by atoms with Gasteiger partial charge < -0.3 is 10.3 Å². The minimum absolute atomic E-state index is 0.401. The van der Waals surface area contributed by atoms with Crippen LogP contribution in [-0.2, 0) is 0 Å². The van der Waals surface area contributed by atoms with Crippen LogP contribution in [-0.4, -0.2) is 5.16 Å². The summed E-state index contributed by atoms with van der Waals surface area (Å²) in [6.07, 6.45) is 9.78. The van der Waals surface area contributed by atoms with Gasteiger partial charge in [-0.25, -0.2) is 0 Å². The fourth-order valence-electron chi connectivity index (χ4n) is 3.04. The molecule has 0 bridgehead atoms. The highest BCUT2D eigenvalue weighted by Gasteiger charge is 2.15. The van der Waals surface area contributed by atoms with Crippen LogP contribution < -0.4 is 5.73 Å². The molecule has 1 aliphatic rings.